The van der Waals surface area contributed by atoms with Crippen molar-refractivity contribution in [3.63, 3.8) is 0 Å². The van der Waals surface area contributed by atoms with Gasteiger partial charge < -0.3 is 5.73 Å². The summed E-state index contributed by atoms with van der Waals surface area (Å²) in [5.74, 6) is 1.48. The monoisotopic (exact) mass is 237 g/mol. The molecule has 0 aliphatic heterocycles. The molecule has 3 atom stereocenters. The van der Waals surface area contributed by atoms with Crippen molar-refractivity contribution >= 4 is 11.6 Å². The smallest absolute Gasteiger partial charge is 0.0412 e. The number of hydrogen-bond donors (Lipinski definition) is 1. The van der Waals surface area contributed by atoms with Crippen molar-refractivity contribution in [1.29, 1.82) is 0 Å². The first-order valence-corrected chi connectivity index (χ1v) is 6.44. The molecule has 1 aromatic carbocycles. The maximum Gasteiger partial charge on any atom is 0.0412 e. The maximum atomic E-state index is 6.54. The molecule has 1 saturated carbocycles. The first-order valence-electron chi connectivity index (χ1n) is 6.06. The van der Waals surface area contributed by atoms with Crippen LogP contribution < -0.4 is 5.73 Å². The third-order valence-electron chi connectivity index (χ3n) is 4.10. The van der Waals surface area contributed by atoms with Crippen molar-refractivity contribution in [3.05, 3.63) is 34.9 Å². The summed E-state index contributed by atoms with van der Waals surface area (Å²) >= 11 is 6.04. The van der Waals surface area contributed by atoms with Crippen LogP contribution in [0.2, 0.25) is 5.02 Å². The number of rotatable bonds is 1. The Kier molecular flexibility index (Phi) is 3.27. The molecule has 1 nitrogen and oxygen atoms in total. The van der Waals surface area contributed by atoms with Gasteiger partial charge in [0, 0.05) is 10.6 Å². The molecule has 88 valence electrons. The highest BCUT2D eigenvalue weighted by Crippen LogP contribution is 2.41. The average molecular weight is 238 g/mol. The average Bonchev–Trinajstić information content (AvgIpc) is 2.24. The molecule has 0 radical (unpaired) electrons. The van der Waals surface area contributed by atoms with Crippen molar-refractivity contribution in [2.45, 2.75) is 38.6 Å². The van der Waals surface area contributed by atoms with Crippen LogP contribution in [0.3, 0.4) is 0 Å². The van der Waals surface area contributed by atoms with Gasteiger partial charge in [-0.25, -0.2) is 0 Å². The van der Waals surface area contributed by atoms with Crippen LogP contribution in [0.25, 0.3) is 0 Å². The van der Waals surface area contributed by atoms with Gasteiger partial charge in [0.25, 0.3) is 0 Å². The molecule has 2 rings (SSSR count). The summed E-state index contributed by atoms with van der Waals surface area (Å²) in [6.07, 6.45) is 3.34. The molecule has 3 unspecified atom stereocenters. The highest BCUT2D eigenvalue weighted by molar-refractivity contribution is 6.30. The molecule has 2 heteroatoms. The zero-order valence-corrected chi connectivity index (χ0v) is 10.8. The number of halogens is 1. The molecule has 1 aliphatic rings. The minimum absolute atomic E-state index is 0.170. The molecule has 0 aromatic heterocycles. The second-order valence-electron chi connectivity index (χ2n) is 5.36. The van der Waals surface area contributed by atoms with Crippen molar-refractivity contribution in [2.24, 2.45) is 17.6 Å². The Labute approximate surface area is 103 Å². The van der Waals surface area contributed by atoms with Gasteiger partial charge in [0.15, 0.2) is 0 Å². The van der Waals surface area contributed by atoms with E-state index in [0.717, 1.165) is 23.8 Å². The molecule has 2 N–H and O–H groups in total. The summed E-state index contributed by atoms with van der Waals surface area (Å²) in [6, 6.07) is 8.02. The fourth-order valence-corrected chi connectivity index (χ4v) is 2.90. The second-order valence-corrected chi connectivity index (χ2v) is 5.80. The van der Waals surface area contributed by atoms with E-state index in [1.807, 2.05) is 18.2 Å². The molecule has 0 saturated heterocycles. The van der Waals surface area contributed by atoms with Gasteiger partial charge in [-0.15, -0.1) is 0 Å². The van der Waals surface area contributed by atoms with E-state index in [1.165, 1.54) is 12.0 Å². The lowest BCUT2D eigenvalue weighted by atomic mass is 9.69. The molecule has 0 bridgehead atoms. The highest BCUT2D eigenvalue weighted by Gasteiger charge is 2.35. The standard InChI is InChI=1S/C14H20ClN/c1-10-6-7-14(16,9-11(10)2)12-4-3-5-13(15)8-12/h3-5,8,10-11H,6-7,9,16H2,1-2H3. The highest BCUT2D eigenvalue weighted by atomic mass is 35.5. The molecule has 1 fully saturated rings. The van der Waals surface area contributed by atoms with Crippen LogP contribution in [0.15, 0.2) is 24.3 Å². The van der Waals surface area contributed by atoms with E-state index >= 15 is 0 Å². The molecular formula is C14H20ClN. The lowest BCUT2D eigenvalue weighted by Gasteiger charge is -2.40. The van der Waals surface area contributed by atoms with Gasteiger partial charge in [0.1, 0.15) is 0 Å². The zero-order chi connectivity index (χ0) is 11.8. The minimum Gasteiger partial charge on any atom is -0.321 e. The molecule has 0 spiro atoms. The Bertz CT molecular complexity index is 377. The maximum absolute atomic E-state index is 6.54. The number of nitrogens with two attached hydrogens (primary N) is 1. The zero-order valence-electron chi connectivity index (χ0n) is 10.0. The van der Waals surface area contributed by atoms with Crippen LogP contribution in [0, 0.1) is 11.8 Å². The fourth-order valence-electron chi connectivity index (χ4n) is 2.71. The third kappa shape index (κ3) is 2.26. The lowest BCUT2D eigenvalue weighted by molar-refractivity contribution is 0.177. The van der Waals surface area contributed by atoms with E-state index in [0.29, 0.717) is 5.92 Å². The van der Waals surface area contributed by atoms with Gasteiger partial charge in [0.05, 0.1) is 0 Å². The van der Waals surface area contributed by atoms with Crippen molar-refractivity contribution in [1.82, 2.24) is 0 Å². The van der Waals surface area contributed by atoms with Gasteiger partial charge in [-0.2, -0.15) is 0 Å². The van der Waals surface area contributed by atoms with Crippen LogP contribution in [0.5, 0.6) is 0 Å². The van der Waals surface area contributed by atoms with Crippen LogP contribution in [-0.2, 0) is 5.54 Å². The topological polar surface area (TPSA) is 26.0 Å². The van der Waals surface area contributed by atoms with E-state index in [1.54, 1.807) is 0 Å². The Morgan fingerprint density at radius 3 is 2.69 bits per heavy atom. The largest absolute Gasteiger partial charge is 0.321 e. The van der Waals surface area contributed by atoms with Gasteiger partial charge in [-0.05, 0) is 48.8 Å². The fraction of sp³-hybridized carbons (Fsp3) is 0.571. The van der Waals surface area contributed by atoms with Gasteiger partial charge in [-0.3, -0.25) is 0 Å². The predicted molar refractivity (Wildman–Crippen MR) is 69.5 cm³/mol. The summed E-state index contributed by atoms with van der Waals surface area (Å²) in [6.45, 7) is 4.62. The van der Waals surface area contributed by atoms with E-state index < -0.39 is 0 Å². The first kappa shape index (κ1) is 11.9. The van der Waals surface area contributed by atoms with E-state index in [4.69, 9.17) is 17.3 Å². The first-order chi connectivity index (χ1) is 7.51. The Morgan fingerprint density at radius 1 is 1.31 bits per heavy atom. The summed E-state index contributed by atoms with van der Waals surface area (Å²) in [5, 5.41) is 0.786. The third-order valence-corrected chi connectivity index (χ3v) is 4.34. The quantitative estimate of drug-likeness (QED) is 0.787. The molecule has 1 aliphatic carbocycles. The van der Waals surface area contributed by atoms with Crippen LogP contribution in [-0.4, -0.2) is 0 Å². The second kappa shape index (κ2) is 4.38. The van der Waals surface area contributed by atoms with E-state index in [-0.39, 0.29) is 5.54 Å². The molecule has 0 amide bonds. The van der Waals surface area contributed by atoms with Crippen molar-refractivity contribution in [2.75, 3.05) is 0 Å². The van der Waals surface area contributed by atoms with Crippen molar-refractivity contribution < 1.29 is 0 Å². The SMILES string of the molecule is CC1CCC(N)(c2cccc(Cl)c2)CC1C. The van der Waals surface area contributed by atoms with Crippen LogP contribution in [0.1, 0.15) is 38.7 Å². The Hall–Kier alpha value is -0.530. The van der Waals surface area contributed by atoms with Gasteiger partial charge in [-0.1, -0.05) is 37.6 Å². The van der Waals surface area contributed by atoms with Crippen molar-refractivity contribution in [3.8, 4) is 0 Å². The predicted octanol–water partition coefficient (Wildman–Crippen LogP) is 3.95. The minimum atomic E-state index is -0.170. The van der Waals surface area contributed by atoms with Gasteiger partial charge >= 0.3 is 0 Å². The normalized spacial score (nSPS) is 35.0. The summed E-state index contributed by atoms with van der Waals surface area (Å²) in [7, 11) is 0. The van der Waals surface area contributed by atoms with E-state index in [9.17, 15) is 0 Å². The molecule has 16 heavy (non-hydrogen) atoms. The summed E-state index contributed by atoms with van der Waals surface area (Å²) in [5.41, 5.74) is 7.57. The van der Waals surface area contributed by atoms with Crippen LogP contribution in [0.4, 0.5) is 0 Å². The summed E-state index contributed by atoms with van der Waals surface area (Å²) in [4.78, 5) is 0. The molecule has 0 heterocycles. The van der Waals surface area contributed by atoms with Gasteiger partial charge in [0.2, 0.25) is 0 Å². The Balaban J connectivity index is 2.26. The molecule has 1 aromatic rings. The Morgan fingerprint density at radius 2 is 2.06 bits per heavy atom. The summed E-state index contributed by atoms with van der Waals surface area (Å²) < 4.78 is 0. The number of hydrogen-bond acceptors (Lipinski definition) is 1. The van der Waals surface area contributed by atoms with Crippen LogP contribution >= 0.6 is 11.6 Å². The number of benzene rings is 1. The lowest BCUT2D eigenvalue weighted by Crippen LogP contribution is -2.43. The molecular weight excluding hydrogens is 218 g/mol. The van der Waals surface area contributed by atoms with E-state index in [2.05, 4.69) is 19.9 Å².